The van der Waals surface area contributed by atoms with Crippen LogP contribution >= 0.6 is 0 Å². The molecule has 1 fully saturated rings. The zero-order chi connectivity index (χ0) is 11.1. The van der Waals surface area contributed by atoms with Gasteiger partial charge in [-0.1, -0.05) is 20.3 Å². The van der Waals surface area contributed by atoms with Crippen LogP contribution in [-0.2, 0) is 0 Å². The van der Waals surface area contributed by atoms with Crippen LogP contribution in [0, 0.1) is 5.92 Å². The van der Waals surface area contributed by atoms with Crippen molar-refractivity contribution in [3.63, 3.8) is 0 Å². The molecule has 1 aliphatic heterocycles. The summed E-state index contributed by atoms with van der Waals surface area (Å²) in [5.74, 6) is 0.935. The number of nitrogens with one attached hydrogen (secondary N) is 1. The lowest BCUT2D eigenvalue weighted by Crippen LogP contribution is -2.43. The predicted octanol–water partition coefficient (Wildman–Crippen LogP) is 2.50. The molecule has 0 bridgehead atoms. The van der Waals surface area contributed by atoms with E-state index in [4.69, 9.17) is 0 Å². The largest absolute Gasteiger partial charge is 0.315 e. The van der Waals surface area contributed by atoms with Gasteiger partial charge in [-0.3, -0.25) is 4.90 Å². The van der Waals surface area contributed by atoms with E-state index in [1.54, 1.807) is 0 Å². The van der Waals surface area contributed by atoms with Gasteiger partial charge in [-0.15, -0.1) is 0 Å². The van der Waals surface area contributed by atoms with Crippen molar-refractivity contribution in [3.8, 4) is 0 Å². The van der Waals surface area contributed by atoms with Crippen molar-refractivity contribution in [1.29, 1.82) is 0 Å². The quantitative estimate of drug-likeness (QED) is 0.681. The lowest BCUT2D eigenvalue weighted by molar-refractivity contribution is 0.130. The number of hydrogen-bond acceptors (Lipinski definition) is 2. The van der Waals surface area contributed by atoms with Crippen LogP contribution in [0.2, 0.25) is 0 Å². The summed E-state index contributed by atoms with van der Waals surface area (Å²) in [6.07, 6.45) is 5.38. The second-order valence-corrected chi connectivity index (χ2v) is 5.12. The van der Waals surface area contributed by atoms with Crippen LogP contribution < -0.4 is 5.32 Å². The van der Waals surface area contributed by atoms with E-state index in [0.717, 1.165) is 12.0 Å². The average Bonchev–Trinajstić information content (AvgIpc) is 2.20. The molecule has 2 heteroatoms. The van der Waals surface area contributed by atoms with Crippen LogP contribution in [0.5, 0.6) is 0 Å². The Labute approximate surface area is 95.4 Å². The molecule has 0 aromatic rings. The average molecular weight is 212 g/mol. The topological polar surface area (TPSA) is 15.3 Å². The Morgan fingerprint density at radius 2 is 2.07 bits per heavy atom. The van der Waals surface area contributed by atoms with E-state index in [2.05, 4.69) is 31.0 Å². The van der Waals surface area contributed by atoms with Crippen molar-refractivity contribution in [3.05, 3.63) is 0 Å². The van der Waals surface area contributed by atoms with Gasteiger partial charge < -0.3 is 5.32 Å². The second kappa shape index (κ2) is 7.24. The molecule has 0 aliphatic carbocycles. The highest BCUT2D eigenvalue weighted by Crippen LogP contribution is 2.21. The van der Waals surface area contributed by atoms with Crippen molar-refractivity contribution in [2.75, 3.05) is 26.2 Å². The van der Waals surface area contributed by atoms with Crippen LogP contribution in [-0.4, -0.2) is 37.1 Å². The Morgan fingerprint density at radius 1 is 1.27 bits per heavy atom. The zero-order valence-corrected chi connectivity index (χ0v) is 10.8. The van der Waals surface area contributed by atoms with E-state index in [9.17, 15) is 0 Å². The fraction of sp³-hybridized carbons (Fsp3) is 1.00. The third-order valence-corrected chi connectivity index (χ3v) is 3.56. The smallest absolute Gasteiger partial charge is 0.0110 e. The van der Waals surface area contributed by atoms with Gasteiger partial charge >= 0.3 is 0 Å². The molecule has 0 aromatic carbocycles. The van der Waals surface area contributed by atoms with E-state index < -0.39 is 0 Å². The van der Waals surface area contributed by atoms with E-state index in [1.807, 2.05) is 0 Å². The molecule has 0 spiro atoms. The molecule has 1 N–H and O–H groups in total. The standard InChI is InChI=1S/C13H28N2/c1-4-5-7-14-8-10-15-9-6-12(2)11-13(15)3/h12-14H,4-11H2,1-3H3. The minimum atomic E-state index is 0.793. The third-order valence-electron chi connectivity index (χ3n) is 3.56. The molecular weight excluding hydrogens is 184 g/mol. The van der Waals surface area contributed by atoms with E-state index >= 15 is 0 Å². The number of piperidine rings is 1. The van der Waals surface area contributed by atoms with Gasteiger partial charge in [0.05, 0.1) is 0 Å². The van der Waals surface area contributed by atoms with Gasteiger partial charge in [-0.2, -0.15) is 0 Å². The third kappa shape index (κ3) is 4.98. The molecular formula is C13H28N2. The molecule has 1 rings (SSSR count). The maximum Gasteiger partial charge on any atom is 0.0110 e. The molecule has 0 saturated carbocycles. The summed E-state index contributed by atoms with van der Waals surface area (Å²) in [4.78, 5) is 2.64. The van der Waals surface area contributed by atoms with Crippen molar-refractivity contribution < 1.29 is 0 Å². The van der Waals surface area contributed by atoms with Gasteiger partial charge in [-0.25, -0.2) is 0 Å². The zero-order valence-electron chi connectivity index (χ0n) is 10.8. The van der Waals surface area contributed by atoms with Crippen LogP contribution in [0.4, 0.5) is 0 Å². The SMILES string of the molecule is CCCCNCCN1CCC(C)CC1C. The fourth-order valence-corrected chi connectivity index (χ4v) is 2.44. The first-order chi connectivity index (χ1) is 7.24. The molecule has 0 aromatic heterocycles. The lowest BCUT2D eigenvalue weighted by Gasteiger charge is -2.36. The van der Waals surface area contributed by atoms with Gasteiger partial charge in [0.15, 0.2) is 0 Å². The predicted molar refractivity (Wildman–Crippen MR) is 67.2 cm³/mol. The summed E-state index contributed by atoms with van der Waals surface area (Å²) in [6.45, 7) is 11.9. The maximum atomic E-state index is 3.52. The summed E-state index contributed by atoms with van der Waals surface area (Å²) in [7, 11) is 0. The Hall–Kier alpha value is -0.0800. The van der Waals surface area contributed by atoms with Crippen LogP contribution in [0.1, 0.15) is 46.5 Å². The van der Waals surface area contributed by atoms with Crippen molar-refractivity contribution >= 4 is 0 Å². The van der Waals surface area contributed by atoms with E-state index in [-0.39, 0.29) is 0 Å². The highest BCUT2D eigenvalue weighted by molar-refractivity contribution is 4.77. The molecule has 1 aliphatic rings. The van der Waals surface area contributed by atoms with Gasteiger partial charge in [-0.05, 0) is 45.2 Å². The van der Waals surface area contributed by atoms with Crippen LogP contribution in [0.3, 0.4) is 0 Å². The van der Waals surface area contributed by atoms with Crippen LogP contribution in [0.25, 0.3) is 0 Å². The lowest BCUT2D eigenvalue weighted by atomic mass is 9.93. The first-order valence-corrected chi connectivity index (χ1v) is 6.68. The van der Waals surface area contributed by atoms with E-state index in [0.29, 0.717) is 0 Å². The summed E-state index contributed by atoms with van der Waals surface area (Å²) in [5.41, 5.74) is 0. The van der Waals surface area contributed by atoms with Gasteiger partial charge in [0.1, 0.15) is 0 Å². The summed E-state index contributed by atoms with van der Waals surface area (Å²) in [6, 6.07) is 0.793. The minimum Gasteiger partial charge on any atom is -0.315 e. The Kier molecular flexibility index (Phi) is 6.26. The van der Waals surface area contributed by atoms with Gasteiger partial charge in [0.25, 0.3) is 0 Å². The first kappa shape index (κ1) is 13.0. The molecule has 15 heavy (non-hydrogen) atoms. The molecule has 1 heterocycles. The van der Waals surface area contributed by atoms with E-state index in [1.165, 1.54) is 51.9 Å². The van der Waals surface area contributed by atoms with Crippen LogP contribution in [0.15, 0.2) is 0 Å². The molecule has 2 unspecified atom stereocenters. The van der Waals surface area contributed by atoms with Crippen molar-refractivity contribution in [2.45, 2.75) is 52.5 Å². The Morgan fingerprint density at radius 3 is 2.73 bits per heavy atom. The Balaban J connectivity index is 2.05. The molecule has 1 saturated heterocycles. The molecule has 2 atom stereocenters. The first-order valence-electron chi connectivity index (χ1n) is 6.68. The summed E-state index contributed by atoms with van der Waals surface area (Å²) < 4.78 is 0. The number of unbranched alkanes of at least 4 members (excludes halogenated alkanes) is 1. The highest BCUT2D eigenvalue weighted by Gasteiger charge is 2.21. The normalized spacial score (nSPS) is 28.2. The molecule has 90 valence electrons. The summed E-state index contributed by atoms with van der Waals surface area (Å²) >= 11 is 0. The van der Waals surface area contributed by atoms with Crippen molar-refractivity contribution in [1.82, 2.24) is 10.2 Å². The second-order valence-electron chi connectivity index (χ2n) is 5.12. The molecule has 0 amide bonds. The minimum absolute atomic E-state index is 0.793. The van der Waals surface area contributed by atoms with Gasteiger partial charge in [0, 0.05) is 19.1 Å². The number of hydrogen-bond donors (Lipinski definition) is 1. The fourth-order valence-electron chi connectivity index (χ4n) is 2.44. The molecule has 2 nitrogen and oxygen atoms in total. The maximum absolute atomic E-state index is 3.52. The number of nitrogens with zero attached hydrogens (tertiary/aromatic N) is 1. The molecule has 0 radical (unpaired) electrons. The summed E-state index contributed by atoms with van der Waals surface area (Å²) in [5, 5.41) is 3.52. The monoisotopic (exact) mass is 212 g/mol. The van der Waals surface area contributed by atoms with Crippen molar-refractivity contribution in [2.24, 2.45) is 5.92 Å². The number of likely N-dealkylation sites (tertiary alicyclic amines) is 1. The highest BCUT2D eigenvalue weighted by atomic mass is 15.2. The van der Waals surface area contributed by atoms with Gasteiger partial charge in [0.2, 0.25) is 0 Å². The Bertz CT molecular complexity index is 159. The number of rotatable bonds is 6.